The maximum Gasteiger partial charge on any atom is 0.255 e. The number of hydrogen-bond donors (Lipinski definition) is 2. The van der Waals surface area contributed by atoms with Crippen LogP contribution in [0.3, 0.4) is 0 Å². The minimum absolute atomic E-state index is 0.0231. The molecule has 1 unspecified atom stereocenters. The quantitative estimate of drug-likeness (QED) is 0.522. The van der Waals surface area contributed by atoms with Crippen LogP contribution in [0.4, 0.5) is 10.1 Å². The van der Waals surface area contributed by atoms with E-state index < -0.39 is 17.8 Å². The molecule has 0 spiro atoms. The van der Waals surface area contributed by atoms with Gasteiger partial charge in [0.15, 0.2) is 0 Å². The Hall–Kier alpha value is -3.77. The fourth-order valence-electron chi connectivity index (χ4n) is 5.34. The van der Waals surface area contributed by atoms with E-state index in [-0.39, 0.29) is 54.1 Å². The summed E-state index contributed by atoms with van der Waals surface area (Å²) in [6.07, 6.45) is 1.97. The molecule has 8 nitrogen and oxygen atoms in total. The second kappa shape index (κ2) is 9.12. The van der Waals surface area contributed by atoms with Crippen LogP contribution in [-0.2, 0) is 22.7 Å². The Bertz CT molecular complexity index is 1260. The predicted octanol–water partition coefficient (Wildman–Crippen LogP) is 3.22. The summed E-state index contributed by atoms with van der Waals surface area (Å²) in [5, 5.41) is 12.0. The maximum absolute atomic E-state index is 15.1. The van der Waals surface area contributed by atoms with Gasteiger partial charge in [-0.1, -0.05) is 12.1 Å². The molecule has 2 aromatic rings. The lowest BCUT2D eigenvalue weighted by Gasteiger charge is -2.32. The monoisotopic (exact) mass is 476 g/mol. The summed E-state index contributed by atoms with van der Waals surface area (Å²) in [5.41, 5.74) is 2.79. The van der Waals surface area contributed by atoms with Gasteiger partial charge in [0, 0.05) is 25.1 Å². The summed E-state index contributed by atoms with van der Waals surface area (Å²) < 4.78 is 15.1. The number of imide groups is 1. The van der Waals surface area contributed by atoms with Crippen LogP contribution in [0.1, 0.15) is 58.6 Å². The van der Waals surface area contributed by atoms with Gasteiger partial charge in [-0.3, -0.25) is 24.6 Å². The molecular weight excluding hydrogens is 451 g/mol. The normalized spacial score (nSPS) is 21.1. The average Bonchev–Trinajstić information content (AvgIpc) is 3.15. The number of piperidine rings is 2. The lowest BCUT2D eigenvalue weighted by molar-refractivity contribution is -0.136. The minimum Gasteiger partial charge on any atom is -0.519 e. The zero-order chi connectivity index (χ0) is 24.7. The van der Waals surface area contributed by atoms with Gasteiger partial charge in [-0.25, -0.2) is 9.24 Å². The number of phenols is 1. The summed E-state index contributed by atoms with van der Waals surface area (Å²) in [7, 11) is 0. The third-order valence-corrected chi connectivity index (χ3v) is 7.23. The zero-order valence-corrected chi connectivity index (χ0v) is 19.1. The average molecular weight is 477 g/mol. The largest absolute Gasteiger partial charge is 0.519 e. The number of amides is 3. The molecule has 3 amide bonds. The van der Waals surface area contributed by atoms with Crippen molar-refractivity contribution in [1.29, 1.82) is 0 Å². The number of carbonyl (C=O) groups excluding carboxylic acids is 3. The van der Waals surface area contributed by atoms with Crippen molar-refractivity contribution < 1.29 is 23.9 Å². The van der Waals surface area contributed by atoms with E-state index in [1.807, 2.05) is 6.07 Å². The molecule has 180 valence electrons. The molecule has 0 aliphatic carbocycles. The van der Waals surface area contributed by atoms with Gasteiger partial charge in [0.25, 0.3) is 5.91 Å². The Morgan fingerprint density at radius 3 is 2.60 bits per heavy atom. The molecule has 3 aliphatic rings. The first-order valence-electron chi connectivity index (χ1n) is 11.7. The molecule has 0 aromatic heterocycles. The van der Waals surface area contributed by atoms with Crippen molar-refractivity contribution >= 4 is 23.4 Å². The number of carbonyl (C=O) groups is 3. The van der Waals surface area contributed by atoms with E-state index >= 15 is 4.39 Å². The summed E-state index contributed by atoms with van der Waals surface area (Å²) in [6.45, 7) is 9.56. The Morgan fingerprint density at radius 1 is 1.11 bits per heavy atom. The lowest BCUT2D eigenvalue weighted by Crippen LogP contribution is -2.52. The number of rotatable bonds is 4. The fourth-order valence-corrected chi connectivity index (χ4v) is 5.34. The topological polar surface area (TPSA) is 94.3 Å². The third kappa shape index (κ3) is 4.37. The number of phenolic OH excluding ortho intramolecular Hbond substituents is 1. The van der Waals surface area contributed by atoms with Gasteiger partial charge >= 0.3 is 0 Å². The van der Waals surface area contributed by atoms with E-state index in [0.717, 1.165) is 31.5 Å². The van der Waals surface area contributed by atoms with Crippen molar-refractivity contribution in [2.75, 3.05) is 13.1 Å². The Labute approximate surface area is 202 Å². The number of hydrogen-bond acceptors (Lipinski definition) is 5. The summed E-state index contributed by atoms with van der Waals surface area (Å²) in [5.74, 6) is -1.59. The van der Waals surface area contributed by atoms with E-state index in [9.17, 15) is 19.5 Å². The SMILES string of the molecule is [C-]#[N+]c1cc(CN2CCC(c3cc4c(cc3F)C(=O)N(C3CCC(=O)NC3=O)C4)CC2)ccc1O. The number of halogens is 1. The molecule has 3 aliphatic heterocycles. The smallest absolute Gasteiger partial charge is 0.255 e. The van der Waals surface area contributed by atoms with Gasteiger partial charge in [-0.2, -0.15) is 0 Å². The van der Waals surface area contributed by atoms with E-state index in [2.05, 4.69) is 15.1 Å². The van der Waals surface area contributed by atoms with Gasteiger partial charge in [0.05, 0.1) is 6.57 Å². The summed E-state index contributed by atoms with van der Waals surface area (Å²) in [6, 6.07) is 7.39. The number of likely N-dealkylation sites (tertiary alicyclic amines) is 1. The zero-order valence-electron chi connectivity index (χ0n) is 19.1. The molecule has 2 saturated heterocycles. The Kier molecular flexibility index (Phi) is 5.99. The molecule has 5 rings (SSSR count). The van der Waals surface area contributed by atoms with E-state index in [1.165, 1.54) is 17.0 Å². The van der Waals surface area contributed by atoms with E-state index in [1.54, 1.807) is 12.1 Å². The van der Waals surface area contributed by atoms with Gasteiger partial charge < -0.3 is 10.0 Å². The molecule has 0 saturated carbocycles. The lowest BCUT2D eigenvalue weighted by atomic mass is 9.87. The molecule has 9 heteroatoms. The van der Waals surface area contributed by atoms with Gasteiger partial charge in [0.1, 0.15) is 17.6 Å². The molecule has 2 aromatic carbocycles. The van der Waals surface area contributed by atoms with Crippen LogP contribution in [-0.4, -0.2) is 51.8 Å². The first kappa shape index (κ1) is 23.0. The van der Waals surface area contributed by atoms with Gasteiger partial charge in [-0.15, -0.1) is 0 Å². The fraction of sp³-hybridized carbons (Fsp3) is 0.385. The Balaban J connectivity index is 1.26. The molecule has 0 bridgehead atoms. The number of nitrogens with one attached hydrogen (secondary N) is 1. The standard InChI is InChI=1S/C26H25FN4O4/c1-28-21-10-15(2-4-23(21)32)13-30-8-6-16(7-9-30)18-11-17-14-31(26(35)19(17)12-20(18)27)22-3-5-24(33)29-25(22)34/h2,4,10-12,16,22,32H,3,5-9,13-14H2,(H,29,33,34). The van der Waals surface area contributed by atoms with Crippen LogP contribution in [0.5, 0.6) is 5.75 Å². The van der Waals surface area contributed by atoms with Crippen molar-refractivity contribution in [3.8, 4) is 5.75 Å². The van der Waals surface area contributed by atoms with Crippen LogP contribution in [0.25, 0.3) is 4.85 Å². The number of nitrogens with zero attached hydrogens (tertiary/aromatic N) is 3. The van der Waals surface area contributed by atoms with Crippen LogP contribution >= 0.6 is 0 Å². The molecule has 3 heterocycles. The second-order valence-corrected chi connectivity index (χ2v) is 9.42. The van der Waals surface area contributed by atoms with Crippen molar-refractivity contribution in [3.05, 3.63) is 69.8 Å². The van der Waals surface area contributed by atoms with Gasteiger partial charge in [0.2, 0.25) is 17.5 Å². The van der Waals surface area contributed by atoms with Crippen LogP contribution in [0.2, 0.25) is 0 Å². The molecule has 2 N–H and O–H groups in total. The minimum atomic E-state index is -0.717. The number of benzene rings is 2. The van der Waals surface area contributed by atoms with Crippen LogP contribution in [0, 0.1) is 12.4 Å². The first-order chi connectivity index (χ1) is 16.8. The maximum atomic E-state index is 15.1. The van der Waals surface area contributed by atoms with Crippen molar-refractivity contribution in [2.45, 2.75) is 50.7 Å². The van der Waals surface area contributed by atoms with Crippen molar-refractivity contribution in [3.63, 3.8) is 0 Å². The van der Waals surface area contributed by atoms with Gasteiger partial charge in [-0.05, 0) is 73.2 Å². The summed E-state index contributed by atoms with van der Waals surface area (Å²) in [4.78, 5) is 43.6. The Morgan fingerprint density at radius 2 is 1.89 bits per heavy atom. The second-order valence-electron chi connectivity index (χ2n) is 9.42. The third-order valence-electron chi connectivity index (χ3n) is 7.23. The molecule has 1 atom stereocenters. The molecule has 0 radical (unpaired) electrons. The predicted molar refractivity (Wildman–Crippen MR) is 124 cm³/mol. The highest BCUT2D eigenvalue weighted by Crippen LogP contribution is 2.36. The molecular formula is C26H25FN4O4. The van der Waals surface area contributed by atoms with Crippen LogP contribution in [0.15, 0.2) is 30.3 Å². The summed E-state index contributed by atoms with van der Waals surface area (Å²) >= 11 is 0. The highest BCUT2D eigenvalue weighted by atomic mass is 19.1. The van der Waals surface area contributed by atoms with Crippen LogP contribution < -0.4 is 5.32 Å². The number of fused-ring (bicyclic) bond motifs is 1. The van der Waals surface area contributed by atoms with E-state index in [0.29, 0.717) is 17.7 Å². The van der Waals surface area contributed by atoms with Crippen molar-refractivity contribution in [1.82, 2.24) is 15.1 Å². The number of aromatic hydroxyl groups is 1. The molecule has 2 fully saturated rings. The van der Waals surface area contributed by atoms with Crippen molar-refractivity contribution in [2.24, 2.45) is 0 Å². The highest BCUT2D eigenvalue weighted by molar-refractivity contribution is 6.05. The highest BCUT2D eigenvalue weighted by Gasteiger charge is 2.40. The van der Waals surface area contributed by atoms with E-state index in [4.69, 9.17) is 6.57 Å². The molecule has 35 heavy (non-hydrogen) atoms. The first-order valence-corrected chi connectivity index (χ1v) is 11.7.